The van der Waals surface area contributed by atoms with Gasteiger partial charge in [-0.15, -0.1) is 0 Å². The van der Waals surface area contributed by atoms with E-state index in [2.05, 4.69) is 15.5 Å². The number of aromatic nitrogens is 2. The van der Waals surface area contributed by atoms with E-state index in [0.29, 0.717) is 22.9 Å². The predicted molar refractivity (Wildman–Crippen MR) is 101 cm³/mol. The first-order chi connectivity index (χ1) is 12.5. The van der Waals surface area contributed by atoms with Gasteiger partial charge in [0.25, 0.3) is 5.91 Å². The third-order valence-electron chi connectivity index (χ3n) is 4.27. The molecule has 3 rings (SSSR count). The Balaban J connectivity index is 1.83. The Labute approximate surface area is 152 Å². The third-order valence-corrected chi connectivity index (χ3v) is 4.27. The Morgan fingerprint density at radius 1 is 1.00 bits per heavy atom. The highest BCUT2D eigenvalue weighted by Gasteiger charge is 2.15. The van der Waals surface area contributed by atoms with Gasteiger partial charge in [0.05, 0.1) is 19.9 Å². The first-order valence-electron chi connectivity index (χ1n) is 8.18. The molecule has 0 saturated carbocycles. The van der Waals surface area contributed by atoms with E-state index in [0.717, 1.165) is 16.8 Å². The smallest absolute Gasteiger partial charge is 0.273 e. The lowest BCUT2D eigenvalue weighted by atomic mass is 10.1. The molecular weight excluding hydrogens is 330 g/mol. The summed E-state index contributed by atoms with van der Waals surface area (Å²) in [6.45, 7) is 4.04. The van der Waals surface area contributed by atoms with Crippen molar-refractivity contribution in [3.63, 3.8) is 0 Å². The van der Waals surface area contributed by atoms with Crippen molar-refractivity contribution in [3.8, 4) is 22.8 Å². The number of aryl methyl sites for hydroxylation is 2. The van der Waals surface area contributed by atoms with Crippen LogP contribution in [0.15, 0.2) is 42.5 Å². The summed E-state index contributed by atoms with van der Waals surface area (Å²) in [6, 6.07) is 12.9. The Morgan fingerprint density at radius 3 is 2.50 bits per heavy atom. The summed E-state index contributed by atoms with van der Waals surface area (Å²) in [4.78, 5) is 12.5. The number of rotatable bonds is 5. The molecule has 2 N–H and O–H groups in total. The summed E-state index contributed by atoms with van der Waals surface area (Å²) < 4.78 is 10.6. The van der Waals surface area contributed by atoms with Crippen LogP contribution in [0.1, 0.15) is 21.6 Å². The number of nitrogens with zero attached hydrogens (tertiary/aromatic N) is 1. The number of H-pyrrole nitrogens is 1. The zero-order chi connectivity index (χ0) is 18.7. The number of nitrogens with one attached hydrogen (secondary N) is 2. The minimum Gasteiger partial charge on any atom is -0.497 e. The molecule has 0 saturated heterocycles. The average molecular weight is 351 g/mol. The van der Waals surface area contributed by atoms with E-state index in [1.54, 1.807) is 26.4 Å². The van der Waals surface area contributed by atoms with Crippen molar-refractivity contribution in [1.82, 2.24) is 10.2 Å². The highest BCUT2D eigenvalue weighted by atomic mass is 16.5. The SMILES string of the molecule is COc1ccc(-c2cc(C(=O)Nc3ccc(C)c(C)c3)[nH]n2)c(OC)c1. The molecule has 0 unspecified atom stereocenters. The van der Waals surface area contributed by atoms with Crippen LogP contribution >= 0.6 is 0 Å². The Kier molecular flexibility index (Phi) is 4.93. The number of methoxy groups -OCH3 is 2. The maximum absolute atomic E-state index is 12.5. The van der Waals surface area contributed by atoms with Crippen molar-refractivity contribution < 1.29 is 14.3 Å². The van der Waals surface area contributed by atoms with Crippen LogP contribution in [-0.4, -0.2) is 30.3 Å². The highest BCUT2D eigenvalue weighted by molar-refractivity contribution is 6.03. The average Bonchev–Trinajstić information content (AvgIpc) is 3.14. The second kappa shape index (κ2) is 7.31. The molecule has 0 bridgehead atoms. The molecule has 1 amide bonds. The number of hydrogen-bond acceptors (Lipinski definition) is 4. The fourth-order valence-electron chi connectivity index (χ4n) is 2.60. The molecule has 0 atom stereocenters. The van der Waals surface area contributed by atoms with Crippen LogP contribution in [0.4, 0.5) is 5.69 Å². The van der Waals surface area contributed by atoms with E-state index in [-0.39, 0.29) is 5.91 Å². The van der Waals surface area contributed by atoms with Gasteiger partial charge in [-0.25, -0.2) is 0 Å². The standard InChI is InChI=1S/C20H21N3O3/c1-12-5-6-14(9-13(12)2)21-20(24)18-11-17(22-23-18)16-8-7-15(25-3)10-19(16)26-4/h5-11H,1-4H3,(H,21,24)(H,22,23). The highest BCUT2D eigenvalue weighted by Crippen LogP contribution is 2.32. The van der Waals surface area contributed by atoms with Crippen molar-refractivity contribution in [1.29, 1.82) is 0 Å². The van der Waals surface area contributed by atoms with Gasteiger partial charge in [-0.1, -0.05) is 6.07 Å². The summed E-state index contributed by atoms with van der Waals surface area (Å²) >= 11 is 0. The molecule has 0 radical (unpaired) electrons. The fraction of sp³-hybridized carbons (Fsp3) is 0.200. The number of carbonyl (C=O) groups excluding carboxylic acids is 1. The molecular formula is C20H21N3O3. The molecule has 0 aliphatic rings. The van der Waals surface area contributed by atoms with Crippen LogP contribution in [0.3, 0.4) is 0 Å². The lowest BCUT2D eigenvalue weighted by Crippen LogP contribution is -2.12. The summed E-state index contributed by atoms with van der Waals surface area (Å²) in [5, 5.41) is 9.90. The van der Waals surface area contributed by atoms with Crippen molar-refractivity contribution in [2.75, 3.05) is 19.5 Å². The van der Waals surface area contributed by atoms with Crippen LogP contribution < -0.4 is 14.8 Å². The van der Waals surface area contributed by atoms with E-state index in [9.17, 15) is 4.79 Å². The molecule has 3 aromatic rings. The fourth-order valence-corrected chi connectivity index (χ4v) is 2.60. The van der Waals surface area contributed by atoms with Gasteiger partial charge >= 0.3 is 0 Å². The summed E-state index contributed by atoms with van der Waals surface area (Å²) in [5.41, 5.74) is 4.81. The molecule has 1 heterocycles. The van der Waals surface area contributed by atoms with Gasteiger partial charge in [0.15, 0.2) is 0 Å². The Morgan fingerprint density at radius 2 is 1.81 bits per heavy atom. The van der Waals surface area contributed by atoms with Crippen LogP contribution in [-0.2, 0) is 0 Å². The van der Waals surface area contributed by atoms with Gasteiger partial charge in [0.1, 0.15) is 17.2 Å². The first kappa shape index (κ1) is 17.5. The lowest BCUT2D eigenvalue weighted by Gasteiger charge is -2.08. The molecule has 0 fully saturated rings. The normalized spacial score (nSPS) is 10.5. The predicted octanol–water partition coefficient (Wildman–Crippen LogP) is 3.96. The number of carbonyl (C=O) groups is 1. The minimum absolute atomic E-state index is 0.250. The zero-order valence-corrected chi connectivity index (χ0v) is 15.2. The topological polar surface area (TPSA) is 76.2 Å². The van der Waals surface area contributed by atoms with E-state index in [4.69, 9.17) is 9.47 Å². The summed E-state index contributed by atoms with van der Waals surface area (Å²) in [6.07, 6.45) is 0. The number of hydrogen-bond donors (Lipinski definition) is 2. The molecule has 134 valence electrons. The quantitative estimate of drug-likeness (QED) is 0.729. The largest absolute Gasteiger partial charge is 0.497 e. The van der Waals surface area contributed by atoms with Crippen LogP contribution in [0.25, 0.3) is 11.3 Å². The number of ether oxygens (including phenoxy) is 2. The Hall–Kier alpha value is -3.28. The van der Waals surface area contributed by atoms with Gasteiger partial charge in [-0.2, -0.15) is 5.10 Å². The molecule has 26 heavy (non-hydrogen) atoms. The Bertz CT molecular complexity index is 947. The van der Waals surface area contributed by atoms with E-state index < -0.39 is 0 Å². The van der Waals surface area contributed by atoms with Gasteiger partial charge in [0.2, 0.25) is 0 Å². The molecule has 0 aliphatic heterocycles. The minimum atomic E-state index is -0.250. The second-order valence-electron chi connectivity index (χ2n) is 5.99. The molecule has 2 aromatic carbocycles. The van der Waals surface area contributed by atoms with E-state index >= 15 is 0 Å². The van der Waals surface area contributed by atoms with Crippen LogP contribution in [0.2, 0.25) is 0 Å². The molecule has 6 nitrogen and oxygen atoms in total. The molecule has 1 aromatic heterocycles. The lowest BCUT2D eigenvalue weighted by molar-refractivity contribution is 0.102. The van der Waals surface area contributed by atoms with Crippen molar-refractivity contribution in [3.05, 3.63) is 59.3 Å². The zero-order valence-electron chi connectivity index (χ0n) is 15.2. The molecule has 6 heteroatoms. The van der Waals surface area contributed by atoms with Gasteiger partial charge < -0.3 is 14.8 Å². The van der Waals surface area contributed by atoms with Crippen LogP contribution in [0.5, 0.6) is 11.5 Å². The summed E-state index contributed by atoms with van der Waals surface area (Å²) in [5.74, 6) is 1.06. The maximum Gasteiger partial charge on any atom is 0.273 e. The maximum atomic E-state index is 12.5. The van der Waals surface area contributed by atoms with Gasteiger partial charge in [0, 0.05) is 17.3 Å². The number of amides is 1. The number of aromatic amines is 1. The van der Waals surface area contributed by atoms with E-state index in [1.807, 2.05) is 44.2 Å². The first-order valence-corrected chi connectivity index (χ1v) is 8.18. The van der Waals surface area contributed by atoms with Gasteiger partial charge in [-0.3, -0.25) is 9.89 Å². The number of anilines is 1. The third kappa shape index (κ3) is 3.54. The van der Waals surface area contributed by atoms with Crippen molar-refractivity contribution >= 4 is 11.6 Å². The molecule has 0 spiro atoms. The summed E-state index contributed by atoms with van der Waals surface area (Å²) in [7, 11) is 3.18. The monoisotopic (exact) mass is 351 g/mol. The van der Waals surface area contributed by atoms with Crippen molar-refractivity contribution in [2.24, 2.45) is 0 Å². The van der Waals surface area contributed by atoms with Gasteiger partial charge in [-0.05, 0) is 55.3 Å². The van der Waals surface area contributed by atoms with Crippen LogP contribution in [0, 0.1) is 13.8 Å². The van der Waals surface area contributed by atoms with Crippen molar-refractivity contribution in [2.45, 2.75) is 13.8 Å². The second-order valence-corrected chi connectivity index (χ2v) is 5.99. The number of benzene rings is 2. The van der Waals surface area contributed by atoms with E-state index in [1.165, 1.54) is 5.56 Å². The molecule has 0 aliphatic carbocycles.